The Morgan fingerprint density at radius 2 is 1.91 bits per heavy atom. The van der Waals surface area contributed by atoms with Crippen LogP contribution in [-0.4, -0.2) is 30.2 Å². The zero-order chi connectivity index (χ0) is 15.9. The molecular weight excluding hydrogens is 314 g/mol. The number of thiazole rings is 1. The third kappa shape index (κ3) is 2.73. The lowest BCUT2D eigenvalue weighted by Crippen LogP contribution is -2.29. The van der Waals surface area contributed by atoms with E-state index < -0.39 is 0 Å². The second kappa shape index (κ2) is 5.93. The van der Waals surface area contributed by atoms with Crippen LogP contribution in [0.25, 0.3) is 0 Å². The molecule has 1 fully saturated rings. The highest BCUT2D eigenvalue weighted by molar-refractivity contribution is 8.01. The van der Waals surface area contributed by atoms with Gasteiger partial charge in [-0.15, -0.1) is 23.1 Å². The molecule has 2 heterocycles. The first-order chi connectivity index (χ1) is 10.5. The van der Waals surface area contributed by atoms with Crippen molar-refractivity contribution in [3.8, 4) is 0 Å². The molecule has 6 heteroatoms. The molecule has 0 bridgehead atoms. The summed E-state index contributed by atoms with van der Waals surface area (Å²) in [6, 6.07) is 8.39. The molecule has 1 amide bonds. The molecule has 0 unspecified atom stereocenters. The summed E-state index contributed by atoms with van der Waals surface area (Å²) < 4.78 is 0. The number of thioether (sulfide) groups is 1. The minimum absolute atomic E-state index is 0.00395. The van der Waals surface area contributed by atoms with Crippen molar-refractivity contribution in [2.75, 3.05) is 23.9 Å². The minimum Gasteiger partial charge on any atom is -0.378 e. The number of rotatable bonds is 3. The van der Waals surface area contributed by atoms with E-state index in [2.05, 4.69) is 34.1 Å². The molecule has 0 radical (unpaired) electrons. The van der Waals surface area contributed by atoms with Crippen molar-refractivity contribution < 1.29 is 4.79 Å². The van der Waals surface area contributed by atoms with E-state index in [1.165, 1.54) is 0 Å². The van der Waals surface area contributed by atoms with Crippen molar-refractivity contribution in [1.82, 2.24) is 4.98 Å². The van der Waals surface area contributed by atoms with Gasteiger partial charge in [-0.1, -0.05) is 12.1 Å². The average Bonchev–Trinajstić information content (AvgIpc) is 3.04. The molecule has 3 rings (SSSR count). The maximum Gasteiger partial charge on any atom is 0.242 e. The van der Waals surface area contributed by atoms with Crippen LogP contribution in [0.2, 0.25) is 0 Å². The predicted octanol–water partition coefficient (Wildman–Crippen LogP) is 3.68. The van der Waals surface area contributed by atoms with Crippen molar-refractivity contribution >= 4 is 39.8 Å². The van der Waals surface area contributed by atoms with Crippen LogP contribution in [-0.2, 0) is 4.79 Å². The van der Waals surface area contributed by atoms with E-state index in [1.807, 2.05) is 39.0 Å². The fourth-order valence-electron chi connectivity index (χ4n) is 2.44. The van der Waals surface area contributed by atoms with Crippen LogP contribution in [0.1, 0.15) is 22.7 Å². The van der Waals surface area contributed by atoms with Crippen molar-refractivity contribution in [2.45, 2.75) is 24.5 Å². The average molecular weight is 333 g/mol. The molecule has 2 atom stereocenters. The van der Waals surface area contributed by atoms with Gasteiger partial charge in [-0.2, -0.15) is 0 Å². The Hall–Kier alpha value is -1.53. The Morgan fingerprint density at radius 3 is 2.45 bits per heavy atom. The number of benzene rings is 1. The number of carbonyl (C=O) groups excluding carboxylic acids is 1. The number of anilines is 2. The molecule has 0 spiro atoms. The maximum atomic E-state index is 12.5. The third-order valence-electron chi connectivity index (χ3n) is 3.66. The standard InChI is InChI=1S/C16H19N3OS2/c1-10-9-17-16(21-10)19-14(20)11(2)22-15(19)12-5-7-13(8-6-12)18(3)4/h5-9,11,15H,1-4H3/t11-,15-/m1/s1. The van der Waals surface area contributed by atoms with Crippen molar-refractivity contribution in [1.29, 1.82) is 0 Å². The molecule has 1 aromatic heterocycles. The van der Waals surface area contributed by atoms with E-state index in [4.69, 9.17) is 0 Å². The van der Waals surface area contributed by atoms with Gasteiger partial charge in [0.25, 0.3) is 0 Å². The van der Waals surface area contributed by atoms with E-state index in [0.717, 1.165) is 21.3 Å². The zero-order valence-electron chi connectivity index (χ0n) is 13.1. The van der Waals surface area contributed by atoms with Gasteiger partial charge in [-0.05, 0) is 31.5 Å². The summed E-state index contributed by atoms with van der Waals surface area (Å²) in [5, 5.41) is 0.757. The summed E-state index contributed by atoms with van der Waals surface area (Å²) in [4.78, 5) is 22.0. The summed E-state index contributed by atoms with van der Waals surface area (Å²) in [7, 11) is 4.05. The Morgan fingerprint density at radius 1 is 1.23 bits per heavy atom. The third-order valence-corrected chi connectivity index (χ3v) is 5.93. The molecule has 0 N–H and O–H groups in total. The second-order valence-electron chi connectivity index (χ2n) is 5.58. The van der Waals surface area contributed by atoms with Crippen LogP contribution in [0, 0.1) is 6.92 Å². The van der Waals surface area contributed by atoms with Gasteiger partial charge in [0, 0.05) is 30.9 Å². The number of amides is 1. The van der Waals surface area contributed by atoms with Crippen LogP contribution in [0.5, 0.6) is 0 Å². The second-order valence-corrected chi connectivity index (χ2v) is 8.22. The number of hydrogen-bond donors (Lipinski definition) is 0. The highest BCUT2D eigenvalue weighted by atomic mass is 32.2. The number of aryl methyl sites for hydroxylation is 1. The van der Waals surface area contributed by atoms with Gasteiger partial charge in [0.05, 0.1) is 5.25 Å². The van der Waals surface area contributed by atoms with Crippen molar-refractivity contribution in [3.63, 3.8) is 0 Å². The molecule has 0 saturated carbocycles. The van der Waals surface area contributed by atoms with Crippen molar-refractivity contribution in [2.24, 2.45) is 0 Å². The maximum absolute atomic E-state index is 12.5. The topological polar surface area (TPSA) is 36.4 Å². The van der Waals surface area contributed by atoms with Gasteiger partial charge >= 0.3 is 0 Å². The Bertz CT molecular complexity index is 681. The van der Waals surface area contributed by atoms with E-state index in [-0.39, 0.29) is 16.5 Å². The van der Waals surface area contributed by atoms with E-state index in [0.29, 0.717) is 0 Å². The van der Waals surface area contributed by atoms with Crippen molar-refractivity contribution in [3.05, 3.63) is 40.9 Å². The first-order valence-corrected chi connectivity index (χ1v) is 8.91. The van der Waals surface area contributed by atoms with Gasteiger partial charge in [-0.3, -0.25) is 9.69 Å². The molecule has 1 aliphatic rings. The number of carbonyl (C=O) groups is 1. The molecule has 1 aromatic carbocycles. The Kier molecular flexibility index (Phi) is 4.14. The number of nitrogens with zero attached hydrogens (tertiary/aromatic N) is 3. The summed E-state index contributed by atoms with van der Waals surface area (Å²) in [6.07, 6.45) is 1.83. The highest BCUT2D eigenvalue weighted by Crippen LogP contribution is 2.46. The minimum atomic E-state index is -0.0391. The summed E-state index contributed by atoms with van der Waals surface area (Å²) >= 11 is 3.25. The predicted molar refractivity (Wildman–Crippen MR) is 94.9 cm³/mol. The lowest BCUT2D eigenvalue weighted by molar-refractivity contribution is -0.117. The highest BCUT2D eigenvalue weighted by Gasteiger charge is 2.40. The van der Waals surface area contributed by atoms with Crippen LogP contribution in [0.15, 0.2) is 30.5 Å². The molecule has 22 heavy (non-hydrogen) atoms. The first kappa shape index (κ1) is 15.4. The molecule has 1 aliphatic heterocycles. The van der Waals surface area contributed by atoms with Gasteiger partial charge in [0.2, 0.25) is 5.91 Å². The fraction of sp³-hybridized carbons (Fsp3) is 0.375. The molecule has 0 aliphatic carbocycles. The molecule has 4 nitrogen and oxygen atoms in total. The Balaban J connectivity index is 1.95. The van der Waals surface area contributed by atoms with Gasteiger partial charge in [0.1, 0.15) is 5.37 Å². The largest absolute Gasteiger partial charge is 0.378 e. The SMILES string of the molecule is Cc1cnc(N2C(=O)[C@@H](C)S[C@@H]2c2ccc(N(C)C)cc2)s1. The molecular formula is C16H19N3OS2. The molecule has 116 valence electrons. The van der Waals surface area contributed by atoms with Gasteiger partial charge < -0.3 is 4.90 Å². The van der Waals surface area contributed by atoms with E-state index in [9.17, 15) is 4.79 Å². The molecule has 2 aromatic rings. The Labute approximate surface area is 139 Å². The summed E-state index contributed by atoms with van der Waals surface area (Å²) in [5.41, 5.74) is 2.30. The monoisotopic (exact) mass is 333 g/mol. The zero-order valence-corrected chi connectivity index (χ0v) is 14.7. The number of hydrogen-bond acceptors (Lipinski definition) is 5. The molecule has 1 saturated heterocycles. The van der Waals surface area contributed by atoms with Gasteiger partial charge in [-0.25, -0.2) is 4.98 Å². The normalized spacial score (nSPS) is 21.5. The van der Waals surface area contributed by atoms with Crippen LogP contribution >= 0.6 is 23.1 Å². The first-order valence-electron chi connectivity index (χ1n) is 7.15. The van der Waals surface area contributed by atoms with Gasteiger partial charge in [0.15, 0.2) is 5.13 Å². The van der Waals surface area contributed by atoms with Crippen LogP contribution in [0.3, 0.4) is 0 Å². The van der Waals surface area contributed by atoms with Crippen LogP contribution in [0.4, 0.5) is 10.8 Å². The lowest BCUT2D eigenvalue weighted by atomic mass is 10.2. The van der Waals surface area contributed by atoms with Crippen LogP contribution < -0.4 is 9.80 Å². The fourth-order valence-corrected chi connectivity index (χ4v) is 4.55. The summed E-state index contributed by atoms with van der Waals surface area (Å²) in [5.74, 6) is 0.140. The number of aromatic nitrogens is 1. The van der Waals surface area contributed by atoms with E-state index >= 15 is 0 Å². The quantitative estimate of drug-likeness (QED) is 0.858. The van der Waals surface area contributed by atoms with E-state index in [1.54, 1.807) is 23.1 Å². The summed E-state index contributed by atoms with van der Waals surface area (Å²) in [6.45, 7) is 3.98. The smallest absolute Gasteiger partial charge is 0.242 e. The lowest BCUT2D eigenvalue weighted by Gasteiger charge is -2.22.